The van der Waals surface area contributed by atoms with Crippen molar-refractivity contribution in [3.8, 4) is 0 Å². The number of rotatable bonds is 7. The number of benzene rings is 1. The maximum atomic E-state index is 12.7. The van der Waals surface area contributed by atoms with Gasteiger partial charge in [-0.15, -0.1) is 11.8 Å². The first-order valence-electron chi connectivity index (χ1n) is 5.64. The van der Waals surface area contributed by atoms with Crippen LogP contribution in [0.15, 0.2) is 30.3 Å². The van der Waals surface area contributed by atoms with Crippen LogP contribution in [0.4, 0.5) is 0 Å². The molecule has 0 spiro atoms. The van der Waals surface area contributed by atoms with Crippen LogP contribution in [0, 0.1) is 0 Å². The molecule has 3 nitrogen and oxygen atoms in total. The first kappa shape index (κ1) is 14.8. The van der Waals surface area contributed by atoms with Crippen LogP contribution in [0.5, 0.6) is 0 Å². The lowest BCUT2D eigenvalue weighted by Gasteiger charge is -2.25. The molecule has 0 aliphatic carbocycles. The Morgan fingerprint density at radius 3 is 2.12 bits per heavy atom. The SMILES string of the molecule is CCOP(=O)(OCC)C(SC)c1ccccc1. The predicted molar refractivity (Wildman–Crippen MR) is 73.6 cm³/mol. The summed E-state index contributed by atoms with van der Waals surface area (Å²) < 4.78 is 23.5. The van der Waals surface area contributed by atoms with Gasteiger partial charge in [-0.05, 0) is 25.7 Å². The summed E-state index contributed by atoms with van der Waals surface area (Å²) in [5.41, 5.74) is 0.977. The lowest BCUT2D eigenvalue weighted by molar-refractivity contribution is 0.218. The molecular weight excluding hydrogens is 255 g/mol. The average molecular weight is 274 g/mol. The van der Waals surface area contributed by atoms with E-state index >= 15 is 0 Å². The van der Waals surface area contributed by atoms with Gasteiger partial charge in [0.1, 0.15) is 4.99 Å². The van der Waals surface area contributed by atoms with Crippen molar-refractivity contribution in [2.75, 3.05) is 19.5 Å². The van der Waals surface area contributed by atoms with Crippen molar-refractivity contribution in [2.45, 2.75) is 18.8 Å². The normalized spacial score (nSPS) is 13.6. The van der Waals surface area contributed by atoms with Crippen molar-refractivity contribution in [1.29, 1.82) is 0 Å². The lowest BCUT2D eigenvalue weighted by atomic mass is 10.2. The summed E-state index contributed by atoms with van der Waals surface area (Å²) in [7, 11) is -3.09. The minimum atomic E-state index is -3.09. The van der Waals surface area contributed by atoms with E-state index in [9.17, 15) is 4.57 Å². The van der Waals surface area contributed by atoms with Crippen LogP contribution in [0.3, 0.4) is 0 Å². The molecule has 0 aliphatic heterocycles. The van der Waals surface area contributed by atoms with Gasteiger partial charge in [-0.2, -0.15) is 0 Å². The molecule has 0 saturated carbocycles. The molecule has 0 radical (unpaired) electrons. The molecule has 1 aromatic rings. The van der Waals surface area contributed by atoms with Crippen molar-refractivity contribution in [2.24, 2.45) is 0 Å². The molecule has 0 amide bonds. The van der Waals surface area contributed by atoms with Crippen molar-refractivity contribution in [3.05, 3.63) is 35.9 Å². The number of hydrogen-bond acceptors (Lipinski definition) is 4. The maximum Gasteiger partial charge on any atom is 0.347 e. The molecule has 0 saturated heterocycles. The first-order valence-corrected chi connectivity index (χ1v) is 8.54. The second-order valence-corrected chi connectivity index (χ2v) is 6.78. The second kappa shape index (κ2) is 7.22. The van der Waals surface area contributed by atoms with Gasteiger partial charge in [-0.3, -0.25) is 4.57 Å². The number of thioether (sulfide) groups is 1. The van der Waals surface area contributed by atoms with Crippen LogP contribution >= 0.6 is 19.4 Å². The van der Waals surface area contributed by atoms with E-state index in [1.807, 2.05) is 50.4 Å². The Bertz CT molecular complexity index is 359. The molecule has 1 aromatic carbocycles. The van der Waals surface area contributed by atoms with E-state index in [0.29, 0.717) is 13.2 Å². The number of hydrogen-bond donors (Lipinski definition) is 0. The van der Waals surface area contributed by atoms with E-state index in [1.165, 1.54) is 11.8 Å². The topological polar surface area (TPSA) is 35.5 Å². The minimum Gasteiger partial charge on any atom is -0.308 e. The Morgan fingerprint density at radius 1 is 1.18 bits per heavy atom. The molecule has 0 fully saturated rings. The van der Waals surface area contributed by atoms with E-state index < -0.39 is 7.60 Å². The third-order valence-electron chi connectivity index (χ3n) is 2.21. The summed E-state index contributed by atoms with van der Waals surface area (Å²) >= 11 is 1.50. The molecule has 1 atom stereocenters. The molecule has 0 aromatic heterocycles. The summed E-state index contributed by atoms with van der Waals surface area (Å²) in [6.45, 7) is 4.43. The van der Waals surface area contributed by atoms with Crippen LogP contribution in [0.25, 0.3) is 0 Å². The summed E-state index contributed by atoms with van der Waals surface area (Å²) in [5, 5.41) is 0. The highest BCUT2D eigenvalue weighted by Gasteiger charge is 2.36. The Balaban J connectivity index is 3.01. The fourth-order valence-electron chi connectivity index (χ4n) is 1.60. The summed E-state index contributed by atoms with van der Waals surface area (Å²) in [6, 6.07) is 9.70. The van der Waals surface area contributed by atoms with Crippen molar-refractivity contribution >= 4 is 19.4 Å². The maximum absolute atomic E-state index is 12.7. The van der Waals surface area contributed by atoms with Gasteiger partial charge in [-0.1, -0.05) is 30.3 Å². The summed E-state index contributed by atoms with van der Waals surface area (Å²) in [6.07, 6.45) is 1.92. The zero-order valence-electron chi connectivity index (χ0n) is 10.5. The molecule has 1 rings (SSSR count). The lowest BCUT2D eigenvalue weighted by Crippen LogP contribution is -2.03. The molecule has 1 unspecified atom stereocenters. The zero-order chi connectivity index (χ0) is 12.7. The standard InChI is InChI=1S/C12H19O3PS/c1-4-14-16(13,15-5-2)12(17-3)11-9-7-6-8-10-11/h6-10,12H,4-5H2,1-3H3. The summed E-state index contributed by atoms with van der Waals surface area (Å²) in [4.78, 5) is -0.261. The van der Waals surface area contributed by atoms with Gasteiger partial charge in [0.15, 0.2) is 0 Å². The Labute approximate surface area is 107 Å². The quantitative estimate of drug-likeness (QED) is 0.694. The van der Waals surface area contributed by atoms with Crippen LogP contribution in [-0.4, -0.2) is 19.5 Å². The molecule has 0 aliphatic rings. The van der Waals surface area contributed by atoms with Crippen LogP contribution < -0.4 is 0 Å². The van der Waals surface area contributed by atoms with Gasteiger partial charge in [0, 0.05) is 0 Å². The third kappa shape index (κ3) is 3.85. The van der Waals surface area contributed by atoms with E-state index in [4.69, 9.17) is 9.05 Å². The predicted octanol–water partition coefficient (Wildman–Crippen LogP) is 4.31. The van der Waals surface area contributed by atoms with E-state index in [0.717, 1.165) is 5.56 Å². The smallest absolute Gasteiger partial charge is 0.308 e. The highest BCUT2D eigenvalue weighted by atomic mass is 32.2. The highest BCUT2D eigenvalue weighted by Crippen LogP contribution is 2.65. The van der Waals surface area contributed by atoms with Gasteiger partial charge in [0.25, 0.3) is 0 Å². The van der Waals surface area contributed by atoms with Crippen LogP contribution in [0.1, 0.15) is 24.4 Å². The minimum absolute atomic E-state index is 0.261. The molecule has 0 heterocycles. The zero-order valence-corrected chi connectivity index (χ0v) is 12.2. The highest BCUT2D eigenvalue weighted by molar-refractivity contribution is 8.04. The van der Waals surface area contributed by atoms with Crippen LogP contribution in [-0.2, 0) is 13.6 Å². The fourth-order valence-corrected chi connectivity index (χ4v) is 5.03. The average Bonchev–Trinajstić information content (AvgIpc) is 2.31. The first-order chi connectivity index (χ1) is 8.18. The Morgan fingerprint density at radius 2 is 1.71 bits per heavy atom. The third-order valence-corrected chi connectivity index (χ3v) is 6.45. The van der Waals surface area contributed by atoms with Crippen molar-refractivity contribution in [1.82, 2.24) is 0 Å². The van der Waals surface area contributed by atoms with E-state index in [1.54, 1.807) is 0 Å². The van der Waals surface area contributed by atoms with Crippen LogP contribution in [0.2, 0.25) is 0 Å². The van der Waals surface area contributed by atoms with Crippen molar-refractivity contribution < 1.29 is 13.6 Å². The Hall–Kier alpha value is -0.280. The van der Waals surface area contributed by atoms with E-state index in [-0.39, 0.29) is 4.99 Å². The monoisotopic (exact) mass is 274 g/mol. The molecular formula is C12H19O3PS. The van der Waals surface area contributed by atoms with Gasteiger partial charge in [0.2, 0.25) is 0 Å². The molecule has 5 heteroatoms. The molecule has 0 N–H and O–H groups in total. The molecule has 0 bridgehead atoms. The van der Waals surface area contributed by atoms with Gasteiger partial charge in [0.05, 0.1) is 13.2 Å². The molecule has 96 valence electrons. The Kier molecular flexibility index (Phi) is 6.28. The fraction of sp³-hybridized carbons (Fsp3) is 0.500. The molecule has 17 heavy (non-hydrogen) atoms. The van der Waals surface area contributed by atoms with Gasteiger partial charge in [-0.25, -0.2) is 0 Å². The van der Waals surface area contributed by atoms with E-state index in [2.05, 4.69) is 0 Å². The van der Waals surface area contributed by atoms with Crippen molar-refractivity contribution in [3.63, 3.8) is 0 Å². The van der Waals surface area contributed by atoms with Gasteiger partial charge >= 0.3 is 7.60 Å². The summed E-state index contributed by atoms with van der Waals surface area (Å²) in [5.74, 6) is 0. The van der Waals surface area contributed by atoms with Gasteiger partial charge < -0.3 is 9.05 Å². The largest absolute Gasteiger partial charge is 0.347 e. The second-order valence-electron chi connectivity index (χ2n) is 3.37.